The second kappa shape index (κ2) is 7.02. The van der Waals surface area contributed by atoms with Crippen molar-refractivity contribution in [3.8, 4) is 11.8 Å². The summed E-state index contributed by atoms with van der Waals surface area (Å²) in [5, 5.41) is 8.64. The minimum absolute atomic E-state index is 0.110. The van der Waals surface area contributed by atoms with Crippen LogP contribution in [0.5, 0.6) is 0 Å². The Labute approximate surface area is 126 Å². The number of halogens is 1. The number of carbonyl (C=O) groups is 1. The summed E-state index contributed by atoms with van der Waals surface area (Å²) in [7, 11) is 1.70. The zero-order valence-electron chi connectivity index (χ0n) is 11.5. The molecule has 1 N–H and O–H groups in total. The van der Waals surface area contributed by atoms with E-state index in [0.717, 1.165) is 10.4 Å². The van der Waals surface area contributed by atoms with E-state index < -0.39 is 0 Å². The summed E-state index contributed by atoms with van der Waals surface area (Å²) < 4.78 is 12.8. The van der Waals surface area contributed by atoms with Crippen molar-refractivity contribution < 1.29 is 14.3 Å². The van der Waals surface area contributed by atoms with E-state index in [1.165, 1.54) is 23.5 Å². The smallest absolute Gasteiger partial charge is 0.264 e. The highest BCUT2D eigenvalue weighted by Crippen LogP contribution is 2.18. The van der Waals surface area contributed by atoms with Crippen LogP contribution < -0.4 is 0 Å². The first-order valence-electron chi connectivity index (χ1n) is 6.29. The van der Waals surface area contributed by atoms with Gasteiger partial charge in [-0.2, -0.15) is 0 Å². The van der Waals surface area contributed by atoms with Crippen LogP contribution in [-0.2, 0) is 6.54 Å². The highest BCUT2D eigenvalue weighted by atomic mass is 32.1. The predicted molar refractivity (Wildman–Crippen MR) is 80.5 cm³/mol. The molecule has 108 valence electrons. The van der Waals surface area contributed by atoms with Crippen molar-refractivity contribution in [1.29, 1.82) is 0 Å². The maximum Gasteiger partial charge on any atom is 0.264 e. The van der Waals surface area contributed by atoms with Gasteiger partial charge in [0.05, 0.1) is 9.75 Å². The molecule has 0 atom stereocenters. The number of aliphatic hydroxyl groups excluding tert-OH is 1. The summed E-state index contributed by atoms with van der Waals surface area (Å²) in [6.07, 6.45) is 0. The Morgan fingerprint density at radius 3 is 2.67 bits per heavy atom. The van der Waals surface area contributed by atoms with E-state index in [1.807, 2.05) is 0 Å². The lowest BCUT2D eigenvalue weighted by molar-refractivity contribution is 0.0790. The molecule has 0 saturated carbocycles. The molecule has 1 aromatic heterocycles. The molecule has 1 heterocycles. The molecule has 5 heteroatoms. The fraction of sp³-hybridized carbons (Fsp3) is 0.188. The summed E-state index contributed by atoms with van der Waals surface area (Å²) in [6.45, 7) is 0.209. The monoisotopic (exact) mass is 303 g/mol. The van der Waals surface area contributed by atoms with Crippen molar-refractivity contribution in [2.75, 3.05) is 13.7 Å². The molecule has 2 aromatic rings. The van der Waals surface area contributed by atoms with E-state index in [1.54, 1.807) is 36.2 Å². The number of aliphatic hydroxyl groups is 1. The Bertz CT molecular complexity index is 682. The van der Waals surface area contributed by atoms with Crippen molar-refractivity contribution in [3.63, 3.8) is 0 Å². The van der Waals surface area contributed by atoms with Gasteiger partial charge in [-0.15, -0.1) is 11.3 Å². The molecule has 0 aliphatic carbocycles. The molecule has 3 nitrogen and oxygen atoms in total. The Balaban J connectivity index is 2.05. The number of nitrogens with zero attached hydrogens (tertiary/aromatic N) is 1. The third-order valence-corrected chi connectivity index (χ3v) is 3.78. The average Bonchev–Trinajstić information content (AvgIpc) is 2.95. The third-order valence-electron chi connectivity index (χ3n) is 2.79. The Morgan fingerprint density at radius 1 is 1.29 bits per heavy atom. The Hall–Kier alpha value is -2.16. The topological polar surface area (TPSA) is 40.5 Å². The molecule has 0 aliphatic heterocycles. The van der Waals surface area contributed by atoms with E-state index in [0.29, 0.717) is 11.4 Å². The van der Waals surface area contributed by atoms with E-state index in [-0.39, 0.29) is 18.3 Å². The van der Waals surface area contributed by atoms with Gasteiger partial charge in [0.25, 0.3) is 5.91 Å². The number of benzene rings is 1. The molecule has 1 aromatic carbocycles. The van der Waals surface area contributed by atoms with Crippen LogP contribution in [0.3, 0.4) is 0 Å². The number of carbonyl (C=O) groups excluding carboxylic acids is 1. The highest BCUT2D eigenvalue weighted by Gasteiger charge is 2.14. The minimum Gasteiger partial charge on any atom is -0.384 e. The van der Waals surface area contributed by atoms with Crippen LogP contribution in [0.15, 0.2) is 36.4 Å². The quantitative estimate of drug-likeness (QED) is 0.885. The van der Waals surface area contributed by atoms with Crippen LogP contribution in [0.2, 0.25) is 0 Å². The van der Waals surface area contributed by atoms with E-state index in [2.05, 4.69) is 11.8 Å². The lowest BCUT2D eigenvalue weighted by Crippen LogP contribution is -2.25. The normalized spacial score (nSPS) is 9.86. The van der Waals surface area contributed by atoms with Gasteiger partial charge in [-0.25, -0.2) is 4.39 Å². The zero-order chi connectivity index (χ0) is 15.2. The number of hydrogen-bond donors (Lipinski definition) is 1. The van der Waals surface area contributed by atoms with Crippen LogP contribution in [0.25, 0.3) is 0 Å². The van der Waals surface area contributed by atoms with E-state index in [9.17, 15) is 9.18 Å². The molecule has 21 heavy (non-hydrogen) atoms. The van der Waals surface area contributed by atoms with Crippen molar-refractivity contribution >= 4 is 17.2 Å². The fourth-order valence-electron chi connectivity index (χ4n) is 1.77. The summed E-state index contributed by atoms with van der Waals surface area (Å²) in [6, 6.07) is 9.54. The van der Waals surface area contributed by atoms with Gasteiger partial charge in [-0.1, -0.05) is 24.0 Å². The second-order valence-corrected chi connectivity index (χ2v) is 5.50. The van der Waals surface area contributed by atoms with Crippen molar-refractivity contribution in [2.45, 2.75) is 6.54 Å². The largest absolute Gasteiger partial charge is 0.384 e. The molecule has 0 aliphatic rings. The van der Waals surface area contributed by atoms with Gasteiger partial charge in [-0.3, -0.25) is 4.79 Å². The molecule has 0 fully saturated rings. The minimum atomic E-state index is -0.293. The van der Waals surface area contributed by atoms with Crippen LogP contribution in [-0.4, -0.2) is 29.6 Å². The standard InChI is InChI=1S/C16H14FNO2S/c1-18(11-12-4-6-13(17)7-5-12)16(20)15-9-8-14(21-15)3-2-10-19/h4-9,19H,10-11H2,1H3. The van der Waals surface area contributed by atoms with Crippen LogP contribution in [0.1, 0.15) is 20.1 Å². The number of thiophene rings is 1. The van der Waals surface area contributed by atoms with E-state index >= 15 is 0 Å². The molecular formula is C16H14FNO2S. The maximum absolute atomic E-state index is 12.8. The Kier molecular flexibility index (Phi) is 5.09. The first kappa shape index (κ1) is 15.2. The van der Waals surface area contributed by atoms with Gasteiger partial charge in [0.1, 0.15) is 12.4 Å². The first-order chi connectivity index (χ1) is 10.1. The van der Waals surface area contributed by atoms with Crippen LogP contribution in [0, 0.1) is 17.7 Å². The van der Waals surface area contributed by atoms with Gasteiger partial charge in [0.2, 0.25) is 0 Å². The lowest BCUT2D eigenvalue weighted by Gasteiger charge is -2.16. The second-order valence-electron chi connectivity index (χ2n) is 4.41. The van der Waals surface area contributed by atoms with Crippen molar-refractivity contribution in [1.82, 2.24) is 4.90 Å². The van der Waals surface area contributed by atoms with Crippen LogP contribution in [0.4, 0.5) is 4.39 Å². The lowest BCUT2D eigenvalue weighted by atomic mass is 10.2. The van der Waals surface area contributed by atoms with E-state index in [4.69, 9.17) is 5.11 Å². The Morgan fingerprint density at radius 2 is 2.00 bits per heavy atom. The van der Waals surface area contributed by atoms with Gasteiger partial charge in [-0.05, 0) is 29.8 Å². The summed E-state index contributed by atoms with van der Waals surface area (Å²) in [5.74, 6) is 4.91. The molecule has 0 saturated heterocycles. The van der Waals surface area contributed by atoms with Crippen molar-refractivity contribution in [3.05, 3.63) is 57.5 Å². The van der Waals surface area contributed by atoms with Gasteiger partial charge in [0, 0.05) is 13.6 Å². The first-order valence-corrected chi connectivity index (χ1v) is 7.11. The van der Waals surface area contributed by atoms with Crippen molar-refractivity contribution in [2.24, 2.45) is 0 Å². The molecule has 1 amide bonds. The number of hydrogen-bond acceptors (Lipinski definition) is 3. The third kappa shape index (κ3) is 4.15. The molecular weight excluding hydrogens is 289 g/mol. The molecule has 0 spiro atoms. The summed E-state index contributed by atoms with van der Waals surface area (Å²) in [4.78, 5) is 15.2. The number of rotatable bonds is 3. The number of amides is 1. The van der Waals surface area contributed by atoms with Gasteiger partial charge >= 0.3 is 0 Å². The molecule has 0 unspecified atom stereocenters. The fourth-order valence-corrected chi connectivity index (χ4v) is 2.65. The zero-order valence-corrected chi connectivity index (χ0v) is 12.3. The molecule has 0 bridgehead atoms. The van der Waals surface area contributed by atoms with Crippen LogP contribution >= 0.6 is 11.3 Å². The summed E-state index contributed by atoms with van der Waals surface area (Å²) in [5.41, 5.74) is 0.865. The molecule has 2 rings (SSSR count). The predicted octanol–water partition coefficient (Wildman–Crippen LogP) is 2.50. The highest BCUT2D eigenvalue weighted by molar-refractivity contribution is 7.14. The van der Waals surface area contributed by atoms with Gasteiger partial charge < -0.3 is 10.0 Å². The van der Waals surface area contributed by atoms with Gasteiger partial charge in [0.15, 0.2) is 0 Å². The maximum atomic E-state index is 12.8. The molecule has 0 radical (unpaired) electrons. The SMILES string of the molecule is CN(Cc1ccc(F)cc1)C(=O)c1ccc(C#CCO)s1. The summed E-state index contributed by atoms with van der Waals surface area (Å²) >= 11 is 1.29. The average molecular weight is 303 g/mol.